The molecule has 7 heteroatoms. The van der Waals surface area contributed by atoms with E-state index in [0.29, 0.717) is 17.3 Å². The van der Waals surface area contributed by atoms with Crippen molar-refractivity contribution in [3.05, 3.63) is 16.1 Å². The Bertz CT molecular complexity index is 466. The average Bonchev–Trinajstić information content (AvgIpc) is 2.89. The third kappa shape index (κ3) is 3.79. The minimum atomic E-state index is -4.47. The molecule has 1 saturated heterocycles. The van der Waals surface area contributed by atoms with Crippen LogP contribution < -0.4 is 5.32 Å². The van der Waals surface area contributed by atoms with Gasteiger partial charge in [0.2, 0.25) is 0 Å². The Kier molecular flexibility index (Phi) is 4.80. The van der Waals surface area contributed by atoms with E-state index in [2.05, 4.69) is 10.3 Å². The minimum Gasteiger partial charge on any atom is -0.316 e. The first-order valence-electron chi connectivity index (χ1n) is 6.65. The fourth-order valence-corrected chi connectivity index (χ4v) is 3.19. The molecule has 1 aliphatic rings. The lowest BCUT2D eigenvalue weighted by molar-refractivity contribution is -0.137. The molecule has 0 amide bonds. The molecule has 112 valence electrons. The summed E-state index contributed by atoms with van der Waals surface area (Å²) < 4.78 is 37.3. The second-order valence-electron chi connectivity index (χ2n) is 5.24. The third-order valence-electron chi connectivity index (χ3n) is 3.67. The number of thiazole rings is 1. The summed E-state index contributed by atoms with van der Waals surface area (Å²) in [5, 5.41) is 2.33. The van der Waals surface area contributed by atoms with Crippen LogP contribution in [-0.2, 0) is 6.18 Å². The van der Waals surface area contributed by atoms with Gasteiger partial charge < -0.3 is 5.32 Å². The fraction of sp³-hybridized carbons (Fsp3) is 0.692. The maximum absolute atomic E-state index is 12.4. The van der Waals surface area contributed by atoms with Crippen LogP contribution in [-0.4, -0.2) is 23.9 Å². The zero-order valence-electron chi connectivity index (χ0n) is 11.2. The lowest BCUT2D eigenvalue weighted by Crippen LogP contribution is -2.33. The van der Waals surface area contributed by atoms with Crippen LogP contribution in [0.3, 0.4) is 0 Å². The maximum atomic E-state index is 12.4. The molecule has 2 heterocycles. The summed E-state index contributed by atoms with van der Waals surface area (Å²) in [7, 11) is 0. The van der Waals surface area contributed by atoms with E-state index >= 15 is 0 Å². The number of ketones is 1. The van der Waals surface area contributed by atoms with E-state index in [-0.39, 0.29) is 23.0 Å². The largest absolute Gasteiger partial charge is 0.443 e. The second kappa shape index (κ2) is 6.22. The lowest BCUT2D eigenvalue weighted by atomic mass is 9.84. The summed E-state index contributed by atoms with van der Waals surface area (Å²) in [6, 6.07) is 0. The Morgan fingerprint density at radius 3 is 2.90 bits per heavy atom. The van der Waals surface area contributed by atoms with Gasteiger partial charge in [-0.2, -0.15) is 13.2 Å². The molecule has 1 N–H and O–H groups in total. The predicted molar refractivity (Wildman–Crippen MR) is 70.8 cm³/mol. The molecule has 0 aromatic carbocycles. The van der Waals surface area contributed by atoms with Crippen LogP contribution in [0.1, 0.15) is 40.9 Å². The van der Waals surface area contributed by atoms with Crippen molar-refractivity contribution in [3.63, 3.8) is 0 Å². The summed E-state index contributed by atoms with van der Waals surface area (Å²) in [4.78, 5) is 15.4. The van der Waals surface area contributed by atoms with Gasteiger partial charge in [0.25, 0.3) is 0 Å². The van der Waals surface area contributed by atoms with E-state index in [4.69, 9.17) is 0 Å². The van der Waals surface area contributed by atoms with Crippen molar-refractivity contribution in [1.82, 2.24) is 10.3 Å². The number of nitrogens with zero attached hydrogens (tertiary/aromatic N) is 1. The Hall–Kier alpha value is -0.950. The first-order chi connectivity index (χ1) is 9.38. The first kappa shape index (κ1) is 15.4. The number of hydrogen-bond acceptors (Lipinski definition) is 4. The van der Waals surface area contributed by atoms with Crippen LogP contribution in [0.15, 0.2) is 6.20 Å². The molecular formula is C13H17F3N2OS. The zero-order chi connectivity index (χ0) is 14.8. The van der Waals surface area contributed by atoms with E-state index in [1.807, 2.05) is 6.92 Å². The standard InChI is InChI=1S/C13H17F3N2OS/c1-8(9-3-2-4-17-6-9)5-10(19)11-7-18-12(20-11)13(14,15)16/h7-9,17H,2-6H2,1H3. The Balaban J connectivity index is 1.95. The Morgan fingerprint density at radius 1 is 1.60 bits per heavy atom. The molecule has 1 fully saturated rings. The van der Waals surface area contributed by atoms with Crippen molar-refractivity contribution in [3.8, 4) is 0 Å². The molecule has 1 aromatic rings. The number of rotatable bonds is 4. The van der Waals surface area contributed by atoms with Gasteiger partial charge in [0.05, 0.1) is 4.88 Å². The fourth-order valence-electron chi connectivity index (χ4n) is 2.46. The second-order valence-corrected chi connectivity index (χ2v) is 6.27. The van der Waals surface area contributed by atoms with E-state index in [1.54, 1.807) is 0 Å². The SMILES string of the molecule is CC(CC(=O)c1cnc(C(F)(F)F)s1)C1CCCNC1. The predicted octanol–water partition coefficient (Wildman–Crippen LogP) is 3.37. The third-order valence-corrected chi connectivity index (χ3v) is 4.75. The van der Waals surface area contributed by atoms with Gasteiger partial charge in [-0.15, -0.1) is 11.3 Å². The van der Waals surface area contributed by atoms with Crippen LogP contribution >= 0.6 is 11.3 Å². The molecule has 0 radical (unpaired) electrons. The molecule has 3 nitrogen and oxygen atoms in total. The van der Waals surface area contributed by atoms with E-state index in [0.717, 1.165) is 32.1 Å². The lowest BCUT2D eigenvalue weighted by Gasteiger charge is -2.27. The van der Waals surface area contributed by atoms with Crippen LogP contribution in [0.4, 0.5) is 13.2 Å². The highest BCUT2D eigenvalue weighted by molar-refractivity contribution is 7.13. The van der Waals surface area contributed by atoms with Crippen LogP contribution in [0, 0.1) is 11.8 Å². The summed E-state index contributed by atoms with van der Waals surface area (Å²) in [5.41, 5.74) is 0. The molecule has 2 atom stereocenters. The molecule has 0 spiro atoms. The van der Waals surface area contributed by atoms with E-state index in [1.165, 1.54) is 0 Å². The minimum absolute atomic E-state index is 0.105. The van der Waals surface area contributed by atoms with Gasteiger partial charge in [-0.25, -0.2) is 4.98 Å². The van der Waals surface area contributed by atoms with Crippen molar-refractivity contribution in [1.29, 1.82) is 0 Å². The van der Waals surface area contributed by atoms with Gasteiger partial charge in [-0.05, 0) is 37.8 Å². The van der Waals surface area contributed by atoms with Gasteiger partial charge in [-0.3, -0.25) is 4.79 Å². The van der Waals surface area contributed by atoms with Crippen LogP contribution in [0.2, 0.25) is 0 Å². The zero-order valence-corrected chi connectivity index (χ0v) is 12.0. The highest BCUT2D eigenvalue weighted by Gasteiger charge is 2.35. The highest BCUT2D eigenvalue weighted by atomic mass is 32.1. The van der Waals surface area contributed by atoms with Crippen LogP contribution in [0.25, 0.3) is 0 Å². The van der Waals surface area contributed by atoms with E-state index in [9.17, 15) is 18.0 Å². The maximum Gasteiger partial charge on any atom is 0.443 e. The number of Topliss-reactive ketones (excluding diaryl/α,β-unsaturated/α-hetero) is 1. The quantitative estimate of drug-likeness (QED) is 0.867. The highest BCUT2D eigenvalue weighted by Crippen LogP contribution is 2.33. The summed E-state index contributed by atoms with van der Waals surface area (Å²) in [6.07, 6.45) is -0.991. The number of halogens is 3. The van der Waals surface area contributed by atoms with Crippen LogP contribution in [0.5, 0.6) is 0 Å². The van der Waals surface area contributed by atoms with Crippen molar-refractivity contribution in [2.24, 2.45) is 11.8 Å². The number of aromatic nitrogens is 1. The molecule has 2 rings (SSSR count). The number of carbonyl (C=O) groups excluding carboxylic acids is 1. The average molecular weight is 306 g/mol. The molecule has 0 bridgehead atoms. The Labute approximate surface area is 119 Å². The van der Waals surface area contributed by atoms with Crippen molar-refractivity contribution in [2.75, 3.05) is 13.1 Å². The number of alkyl halides is 3. The van der Waals surface area contributed by atoms with Gasteiger partial charge in [0.1, 0.15) is 0 Å². The van der Waals surface area contributed by atoms with Gasteiger partial charge in [0.15, 0.2) is 10.8 Å². The molecule has 1 aromatic heterocycles. The van der Waals surface area contributed by atoms with Crippen molar-refractivity contribution < 1.29 is 18.0 Å². The number of hydrogen-bond donors (Lipinski definition) is 1. The smallest absolute Gasteiger partial charge is 0.316 e. The summed E-state index contributed by atoms with van der Waals surface area (Å²) in [6.45, 7) is 3.87. The monoisotopic (exact) mass is 306 g/mol. The topological polar surface area (TPSA) is 42.0 Å². The number of piperidine rings is 1. The van der Waals surface area contributed by atoms with Gasteiger partial charge >= 0.3 is 6.18 Å². The summed E-state index contributed by atoms with van der Waals surface area (Å²) >= 11 is 0.435. The molecule has 1 aliphatic heterocycles. The van der Waals surface area contributed by atoms with E-state index < -0.39 is 11.2 Å². The van der Waals surface area contributed by atoms with Gasteiger partial charge in [0, 0.05) is 12.6 Å². The molecular weight excluding hydrogens is 289 g/mol. The normalized spacial score (nSPS) is 21.7. The van der Waals surface area contributed by atoms with Gasteiger partial charge in [-0.1, -0.05) is 6.92 Å². The Morgan fingerprint density at radius 2 is 2.35 bits per heavy atom. The summed E-state index contributed by atoms with van der Waals surface area (Å²) in [5.74, 6) is 0.352. The van der Waals surface area contributed by atoms with Crippen molar-refractivity contribution >= 4 is 17.1 Å². The molecule has 0 aliphatic carbocycles. The molecule has 0 saturated carbocycles. The first-order valence-corrected chi connectivity index (χ1v) is 7.46. The number of nitrogens with one attached hydrogen (secondary N) is 1. The number of carbonyl (C=O) groups is 1. The molecule has 20 heavy (non-hydrogen) atoms. The molecule has 2 unspecified atom stereocenters. The van der Waals surface area contributed by atoms with Crippen molar-refractivity contribution in [2.45, 2.75) is 32.4 Å².